The standard InChI is InChI=1S/C21H18N2O4S/c24-21(22-25)13-7-6-10-18-14-16-8-4-5-9-17(16)15-20(18)23-28(26,27)19-11-2-1-3-12-19/h1-15,23,25H,(H,22,24). The highest BCUT2D eigenvalue weighted by molar-refractivity contribution is 7.92. The van der Waals surface area contributed by atoms with E-state index < -0.39 is 15.9 Å². The summed E-state index contributed by atoms with van der Waals surface area (Å²) in [5.74, 6) is -0.659. The largest absolute Gasteiger partial charge is 0.288 e. The second-order valence-corrected chi connectivity index (χ2v) is 7.58. The molecule has 0 aromatic heterocycles. The highest BCUT2D eigenvalue weighted by Crippen LogP contribution is 2.27. The van der Waals surface area contributed by atoms with Crippen LogP contribution in [0.15, 0.2) is 89.9 Å². The van der Waals surface area contributed by atoms with Crippen LogP contribution in [0.2, 0.25) is 0 Å². The zero-order valence-electron chi connectivity index (χ0n) is 14.7. The molecule has 0 aliphatic carbocycles. The van der Waals surface area contributed by atoms with Gasteiger partial charge in [0.05, 0.1) is 10.6 Å². The van der Waals surface area contributed by atoms with Gasteiger partial charge in [-0.1, -0.05) is 60.7 Å². The van der Waals surface area contributed by atoms with E-state index in [1.54, 1.807) is 36.4 Å². The van der Waals surface area contributed by atoms with Gasteiger partial charge in [0.25, 0.3) is 15.9 Å². The average molecular weight is 394 g/mol. The lowest BCUT2D eigenvalue weighted by molar-refractivity contribution is -0.124. The number of nitrogens with one attached hydrogen (secondary N) is 2. The van der Waals surface area contributed by atoms with Crippen molar-refractivity contribution in [1.29, 1.82) is 0 Å². The molecule has 0 fully saturated rings. The lowest BCUT2D eigenvalue weighted by Crippen LogP contribution is -2.14. The molecule has 7 heteroatoms. The molecule has 1 amide bonds. The second kappa shape index (κ2) is 8.51. The summed E-state index contributed by atoms with van der Waals surface area (Å²) in [5, 5.41) is 10.3. The number of fused-ring (bicyclic) bond motifs is 1. The van der Waals surface area contributed by atoms with E-state index in [9.17, 15) is 13.2 Å². The van der Waals surface area contributed by atoms with Crippen molar-refractivity contribution in [2.45, 2.75) is 4.90 Å². The van der Waals surface area contributed by atoms with Gasteiger partial charge in [-0.05, 0) is 40.6 Å². The van der Waals surface area contributed by atoms with Gasteiger partial charge >= 0.3 is 0 Å². The lowest BCUT2D eigenvalue weighted by atomic mass is 10.0. The van der Waals surface area contributed by atoms with Crippen molar-refractivity contribution in [2.75, 3.05) is 4.72 Å². The number of carbonyl (C=O) groups excluding carboxylic acids is 1. The van der Waals surface area contributed by atoms with Crippen molar-refractivity contribution < 1.29 is 18.4 Å². The molecule has 0 unspecified atom stereocenters. The fourth-order valence-electron chi connectivity index (χ4n) is 2.63. The first-order chi connectivity index (χ1) is 13.5. The van der Waals surface area contributed by atoms with Gasteiger partial charge in [0.15, 0.2) is 0 Å². The Hall–Kier alpha value is -3.42. The van der Waals surface area contributed by atoms with Crippen LogP contribution in [0.5, 0.6) is 0 Å². The molecule has 0 aliphatic rings. The molecule has 3 N–H and O–H groups in total. The monoisotopic (exact) mass is 394 g/mol. The number of amides is 1. The minimum absolute atomic E-state index is 0.164. The van der Waals surface area contributed by atoms with E-state index in [0.29, 0.717) is 11.3 Å². The maximum Gasteiger partial charge on any atom is 0.267 e. The molecule has 0 spiro atoms. The molecule has 3 aromatic rings. The number of benzene rings is 3. The van der Waals surface area contributed by atoms with Gasteiger partial charge in [-0.25, -0.2) is 13.9 Å². The molecule has 0 heterocycles. The van der Waals surface area contributed by atoms with Gasteiger partial charge in [0, 0.05) is 6.08 Å². The zero-order valence-corrected chi connectivity index (χ0v) is 15.6. The molecule has 0 aliphatic heterocycles. The van der Waals surface area contributed by atoms with Crippen molar-refractivity contribution in [3.63, 3.8) is 0 Å². The van der Waals surface area contributed by atoms with Crippen LogP contribution in [0.3, 0.4) is 0 Å². The highest BCUT2D eigenvalue weighted by atomic mass is 32.2. The van der Waals surface area contributed by atoms with Gasteiger partial charge < -0.3 is 0 Å². The summed E-state index contributed by atoms with van der Waals surface area (Å²) < 4.78 is 28.1. The normalized spacial score (nSPS) is 11.9. The molecule has 0 atom stereocenters. The van der Waals surface area contributed by atoms with Gasteiger partial charge in [0.1, 0.15) is 0 Å². The Bertz CT molecular complexity index is 1150. The molecule has 6 nitrogen and oxygen atoms in total. The van der Waals surface area contributed by atoms with Gasteiger partial charge in [-0.2, -0.15) is 0 Å². The summed E-state index contributed by atoms with van der Waals surface area (Å²) >= 11 is 0. The highest BCUT2D eigenvalue weighted by Gasteiger charge is 2.15. The van der Waals surface area contributed by atoms with E-state index in [0.717, 1.165) is 16.8 Å². The van der Waals surface area contributed by atoms with Gasteiger partial charge in [-0.3, -0.25) is 14.7 Å². The zero-order chi connectivity index (χ0) is 20.0. The summed E-state index contributed by atoms with van der Waals surface area (Å²) in [4.78, 5) is 11.2. The first-order valence-electron chi connectivity index (χ1n) is 8.39. The van der Waals surface area contributed by atoms with Crippen molar-refractivity contribution >= 4 is 38.5 Å². The maximum absolute atomic E-state index is 12.7. The van der Waals surface area contributed by atoms with E-state index in [4.69, 9.17) is 5.21 Å². The number of anilines is 1. The molecule has 0 bridgehead atoms. The lowest BCUT2D eigenvalue weighted by Gasteiger charge is -2.12. The van der Waals surface area contributed by atoms with Crippen molar-refractivity contribution in [3.05, 3.63) is 90.5 Å². The molecule has 3 rings (SSSR count). The number of hydrogen-bond donors (Lipinski definition) is 3. The molecule has 142 valence electrons. The van der Waals surface area contributed by atoms with Crippen LogP contribution in [0.4, 0.5) is 5.69 Å². The third-order valence-electron chi connectivity index (χ3n) is 3.96. The molecule has 0 radical (unpaired) electrons. The Morgan fingerprint density at radius 1 is 0.893 bits per heavy atom. The molecule has 3 aromatic carbocycles. The summed E-state index contributed by atoms with van der Waals surface area (Å²) in [7, 11) is -3.75. The Balaban J connectivity index is 2.01. The molecule has 0 saturated carbocycles. The number of sulfonamides is 1. The van der Waals surface area contributed by atoms with E-state index in [1.165, 1.54) is 23.7 Å². The Morgan fingerprint density at radius 3 is 2.21 bits per heavy atom. The van der Waals surface area contributed by atoms with Crippen LogP contribution >= 0.6 is 0 Å². The fraction of sp³-hybridized carbons (Fsp3) is 0. The van der Waals surface area contributed by atoms with E-state index in [-0.39, 0.29) is 4.90 Å². The number of carbonyl (C=O) groups is 1. The topological polar surface area (TPSA) is 95.5 Å². The SMILES string of the molecule is O=C(C=CC=Cc1cc2ccccc2cc1NS(=O)(=O)c1ccccc1)NO. The van der Waals surface area contributed by atoms with E-state index in [2.05, 4.69) is 4.72 Å². The molecule has 28 heavy (non-hydrogen) atoms. The minimum Gasteiger partial charge on any atom is -0.288 e. The quantitative estimate of drug-likeness (QED) is 0.257. The summed E-state index contributed by atoms with van der Waals surface area (Å²) in [6.45, 7) is 0. The van der Waals surface area contributed by atoms with Crippen LogP contribution < -0.4 is 10.2 Å². The Kier molecular flexibility index (Phi) is 5.88. The fourth-order valence-corrected chi connectivity index (χ4v) is 3.73. The Labute approximate surface area is 162 Å². The third kappa shape index (κ3) is 4.64. The van der Waals surface area contributed by atoms with Crippen LogP contribution in [0, 0.1) is 0 Å². The van der Waals surface area contributed by atoms with Crippen LogP contribution in [0.1, 0.15) is 5.56 Å². The first-order valence-corrected chi connectivity index (χ1v) is 9.87. The van der Waals surface area contributed by atoms with Gasteiger partial charge in [-0.15, -0.1) is 0 Å². The predicted octanol–water partition coefficient (Wildman–Crippen LogP) is 3.72. The van der Waals surface area contributed by atoms with Crippen molar-refractivity contribution in [3.8, 4) is 0 Å². The number of allylic oxidation sites excluding steroid dienone is 2. The predicted molar refractivity (Wildman–Crippen MR) is 109 cm³/mol. The van der Waals surface area contributed by atoms with Crippen molar-refractivity contribution in [2.24, 2.45) is 0 Å². The number of hydrogen-bond acceptors (Lipinski definition) is 4. The molecular formula is C21H18N2O4S. The summed E-state index contributed by atoms with van der Waals surface area (Å²) in [6, 6.07) is 19.3. The Morgan fingerprint density at radius 2 is 1.54 bits per heavy atom. The third-order valence-corrected chi connectivity index (χ3v) is 5.34. The van der Waals surface area contributed by atoms with Crippen LogP contribution in [-0.2, 0) is 14.8 Å². The molecule has 0 saturated heterocycles. The summed E-state index contributed by atoms with van der Waals surface area (Å²) in [5.41, 5.74) is 2.54. The van der Waals surface area contributed by atoms with Gasteiger partial charge in [0.2, 0.25) is 0 Å². The minimum atomic E-state index is -3.75. The maximum atomic E-state index is 12.7. The van der Waals surface area contributed by atoms with E-state index in [1.807, 2.05) is 30.3 Å². The first kappa shape index (κ1) is 19.3. The van der Waals surface area contributed by atoms with E-state index >= 15 is 0 Å². The van der Waals surface area contributed by atoms with Crippen LogP contribution in [-0.4, -0.2) is 19.5 Å². The van der Waals surface area contributed by atoms with Crippen molar-refractivity contribution in [1.82, 2.24) is 5.48 Å². The smallest absolute Gasteiger partial charge is 0.267 e. The molecular weight excluding hydrogens is 376 g/mol. The second-order valence-electron chi connectivity index (χ2n) is 5.90. The van der Waals surface area contributed by atoms with Crippen LogP contribution in [0.25, 0.3) is 16.8 Å². The average Bonchev–Trinajstić information content (AvgIpc) is 2.71. The number of hydroxylamine groups is 1. The summed E-state index contributed by atoms with van der Waals surface area (Å²) in [6.07, 6.45) is 5.84. The number of rotatable bonds is 6.